The summed E-state index contributed by atoms with van der Waals surface area (Å²) < 4.78 is 0. The Morgan fingerprint density at radius 2 is 2.54 bits per heavy atom. The highest BCUT2D eigenvalue weighted by molar-refractivity contribution is 5.03. The van der Waals surface area contributed by atoms with Gasteiger partial charge in [-0.2, -0.15) is 5.26 Å². The molecule has 72 valence electrons. The molecule has 1 heterocycles. The first-order valence-electron chi connectivity index (χ1n) is 4.79. The fourth-order valence-electron chi connectivity index (χ4n) is 1.46. The first kappa shape index (κ1) is 10.2. The van der Waals surface area contributed by atoms with Crippen LogP contribution in [0.2, 0.25) is 0 Å². The van der Waals surface area contributed by atoms with Gasteiger partial charge in [-0.05, 0) is 6.42 Å². The summed E-state index contributed by atoms with van der Waals surface area (Å²) in [5.74, 6) is 0. The van der Waals surface area contributed by atoms with Crippen molar-refractivity contribution in [2.24, 2.45) is 0 Å². The average Bonchev–Trinajstić information content (AvgIpc) is 2.18. The third kappa shape index (κ3) is 2.83. The zero-order chi connectivity index (χ0) is 9.68. The Morgan fingerprint density at radius 3 is 3.15 bits per heavy atom. The van der Waals surface area contributed by atoms with Gasteiger partial charge >= 0.3 is 0 Å². The second-order valence-corrected chi connectivity index (χ2v) is 3.42. The number of nitriles is 1. The van der Waals surface area contributed by atoms with E-state index in [4.69, 9.17) is 5.26 Å². The zero-order valence-electron chi connectivity index (χ0n) is 8.21. The highest BCUT2D eigenvalue weighted by Crippen LogP contribution is 2.07. The smallest absolute Gasteiger partial charge is 0.111 e. The average molecular weight is 179 g/mol. The zero-order valence-corrected chi connectivity index (χ0v) is 8.21. The summed E-state index contributed by atoms with van der Waals surface area (Å²) >= 11 is 0. The first-order chi connectivity index (χ1) is 6.27. The van der Waals surface area contributed by atoms with E-state index in [-0.39, 0.29) is 6.04 Å². The van der Waals surface area contributed by atoms with Gasteiger partial charge in [-0.3, -0.25) is 4.90 Å². The molecule has 0 aromatic heterocycles. The van der Waals surface area contributed by atoms with Crippen molar-refractivity contribution >= 4 is 0 Å². The molecule has 0 saturated carbocycles. The van der Waals surface area contributed by atoms with Crippen molar-refractivity contribution < 1.29 is 0 Å². The molecule has 1 unspecified atom stereocenters. The summed E-state index contributed by atoms with van der Waals surface area (Å²) in [6.07, 6.45) is 1.00. The molecule has 0 aromatic rings. The minimum absolute atomic E-state index is 0.0250. The largest absolute Gasteiger partial charge is 0.313 e. The van der Waals surface area contributed by atoms with Crippen LogP contribution in [-0.4, -0.2) is 37.1 Å². The van der Waals surface area contributed by atoms with Crippen LogP contribution < -0.4 is 5.32 Å². The fourth-order valence-corrected chi connectivity index (χ4v) is 1.46. The van der Waals surface area contributed by atoms with Gasteiger partial charge in [-0.1, -0.05) is 19.1 Å². The number of rotatable bonds is 3. The molecule has 0 spiro atoms. The second kappa shape index (κ2) is 5.00. The Balaban J connectivity index is 2.46. The Bertz CT molecular complexity index is 217. The minimum Gasteiger partial charge on any atom is -0.313 e. The quantitative estimate of drug-likeness (QED) is 0.650. The maximum atomic E-state index is 8.89. The van der Waals surface area contributed by atoms with Gasteiger partial charge in [0.05, 0.1) is 6.07 Å². The molecule has 0 aromatic carbocycles. The van der Waals surface area contributed by atoms with E-state index in [0.29, 0.717) is 0 Å². The monoisotopic (exact) mass is 179 g/mol. The predicted octanol–water partition coefficient (Wildman–Crippen LogP) is 0.750. The van der Waals surface area contributed by atoms with Gasteiger partial charge in [0.2, 0.25) is 0 Å². The van der Waals surface area contributed by atoms with Crippen LogP contribution in [0.15, 0.2) is 12.2 Å². The summed E-state index contributed by atoms with van der Waals surface area (Å²) in [7, 11) is 0. The SMILES string of the molecule is C=C(CC)CN1CCNCC1C#N. The third-order valence-corrected chi connectivity index (χ3v) is 2.43. The van der Waals surface area contributed by atoms with E-state index in [1.807, 2.05) is 0 Å². The molecule has 1 N–H and O–H groups in total. The van der Waals surface area contributed by atoms with E-state index in [9.17, 15) is 0 Å². The van der Waals surface area contributed by atoms with Gasteiger partial charge in [0.15, 0.2) is 0 Å². The van der Waals surface area contributed by atoms with Crippen LogP contribution in [0.25, 0.3) is 0 Å². The molecule has 0 bridgehead atoms. The van der Waals surface area contributed by atoms with Crippen LogP contribution in [-0.2, 0) is 0 Å². The summed E-state index contributed by atoms with van der Waals surface area (Å²) in [4.78, 5) is 2.20. The van der Waals surface area contributed by atoms with Crippen LogP contribution in [0, 0.1) is 11.3 Å². The van der Waals surface area contributed by atoms with Crippen LogP contribution >= 0.6 is 0 Å². The van der Waals surface area contributed by atoms with Crippen molar-refractivity contribution in [3.8, 4) is 6.07 Å². The molecule has 1 fully saturated rings. The Hall–Kier alpha value is -0.850. The second-order valence-electron chi connectivity index (χ2n) is 3.42. The summed E-state index contributed by atoms with van der Waals surface area (Å²) in [5.41, 5.74) is 1.21. The molecule has 1 saturated heterocycles. The molecule has 3 heteroatoms. The van der Waals surface area contributed by atoms with E-state index >= 15 is 0 Å². The lowest BCUT2D eigenvalue weighted by Gasteiger charge is -2.32. The lowest BCUT2D eigenvalue weighted by atomic mass is 10.1. The number of hydrogen-bond acceptors (Lipinski definition) is 3. The molecule has 0 aliphatic carbocycles. The van der Waals surface area contributed by atoms with Crippen molar-refractivity contribution in [1.29, 1.82) is 5.26 Å². The number of nitrogens with zero attached hydrogens (tertiary/aromatic N) is 2. The molecular formula is C10H17N3. The van der Waals surface area contributed by atoms with Gasteiger partial charge in [0.25, 0.3) is 0 Å². The van der Waals surface area contributed by atoms with Gasteiger partial charge in [-0.15, -0.1) is 0 Å². The van der Waals surface area contributed by atoms with Gasteiger partial charge in [-0.25, -0.2) is 0 Å². The highest BCUT2D eigenvalue weighted by Gasteiger charge is 2.21. The van der Waals surface area contributed by atoms with Crippen molar-refractivity contribution in [1.82, 2.24) is 10.2 Å². The van der Waals surface area contributed by atoms with E-state index in [0.717, 1.165) is 32.6 Å². The van der Waals surface area contributed by atoms with Crippen LogP contribution in [0.3, 0.4) is 0 Å². The van der Waals surface area contributed by atoms with Crippen molar-refractivity contribution in [3.05, 3.63) is 12.2 Å². The topological polar surface area (TPSA) is 39.1 Å². The molecule has 1 aliphatic rings. The van der Waals surface area contributed by atoms with Crippen molar-refractivity contribution in [2.45, 2.75) is 19.4 Å². The number of nitrogens with one attached hydrogen (secondary N) is 1. The maximum Gasteiger partial charge on any atom is 0.111 e. The van der Waals surface area contributed by atoms with Gasteiger partial charge < -0.3 is 5.32 Å². The fraction of sp³-hybridized carbons (Fsp3) is 0.700. The Kier molecular flexibility index (Phi) is 3.94. The van der Waals surface area contributed by atoms with Gasteiger partial charge in [0, 0.05) is 26.2 Å². The Labute approximate surface area is 80.0 Å². The number of hydrogen-bond donors (Lipinski definition) is 1. The molecular weight excluding hydrogens is 162 g/mol. The standard InChI is InChI=1S/C10H17N3/c1-3-9(2)8-13-5-4-12-7-10(13)6-11/h10,12H,2-5,7-8H2,1H3. The lowest BCUT2D eigenvalue weighted by Crippen LogP contribution is -2.50. The highest BCUT2D eigenvalue weighted by atomic mass is 15.2. The predicted molar refractivity (Wildman–Crippen MR) is 53.3 cm³/mol. The van der Waals surface area contributed by atoms with Crippen molar-refractivity contribution in [2.75, 3.05) is 26.2 Å². The molecule has 1 atom stereocenters. The molecule has 1 rings (SSSR count). The first-order valence-corrected chi connectivity index (χ1v) is 4.79. The van der Waals surface area contributed by atoms with Gasteiger partial charge in [0.1, 0.15) is 6.04 Å². The van der Waals surface area contributed by atoms with Crippen LogP contribution in [0.5, 0.6) is 0 Å². The minimum atomic E-state index is 0.0250. The third-order valence-electron chi connectivity index (χ3n) is 2.43. The summed E-state index contributed by atoms with van der Waals surface area (Å²) in [5, 5.41) is 12.1. The van der Waals surface area contributed by atoms with E-state index in [2.05, 4.69) is 29.8 Å². The van der Waals surface area contributed by atoms with Crippen LogP contribution in [0.1, 0.15) is 13.3 Å². The maximum absolute atomic E-state index is 8.89. The normalized spacial score (nSPS) is 23.8. The molecule has 13 heavy (non-hydrogen) atoms. The molecule has 1 aliphatic heterocycles. The molecule has 0 amide bonds. The molecule has 3 nitrogen and oxygen atoms in total. The van der Waals surface area contributed by atoms with E-state index in [1.165, 1.54) is 5.57 Å². The molecule has 0 radical (unpaired) electrons. The Morgan fingerprint density at radius 1 is 1.77 bits per heavy atom. The van der Waals surface area contributed by atoms with Crippen LogP contribution in [0.4, 0.5) is 0 Å². The lowest BCUT2D eigenvalue weighted by molar-refractivity contribution is 0.212. The van der Waals surface area contributed by atoms with E-state index < -0.39 is 0 Å². The van der Waals surface area contributed by atoms with E-state index in [1.54, 1.807) is 0 Å². The number of piperazine rings is 1. The summed E-state index contributed by atoms with van der Waals surface area (Å²) in [6.45, 7) is 9.66. The summed E-state index contributed by atoms with van der Waals surface area (Å²) in [6, 6.07) is 2.33. The van der Waals surface area contributed by atoms with Crippen molar-refractivity contribution in [3.63, 3.8) is 0 Å².